The number of anilines is 1. The van der Waals surface area contributed by atoms with Crippen molar-refractivity contribution in [2.45, 2.75) is 0 Å². The van der Waals surface area contributed by atoms with Crippen LogP contribution in [0.4, 0.5) is 5.69 Å². The molecule has 0 unspecified atom stereocenters. The topological polar surface area (TPSA) is 24.4 Å². The third-order valence-electron chi connectivity index (χ3n) is 2.21. The van der Waals surface area contributed by atoms with E-state index in [-0.39, 0.29) is 0 Å². The lowest BCUT2D eigenvalue weighted by Gasteiger charge is -2.02. The maximum absolute atomic E-state index is 6.10. The number of rotatable bonds is 3. The quantitative estimate of drug-likeness (QED) is 0.565. The molecular weight excluding hydrogens is 379 g/mol. The zero-order chi connectivity index (χ0) is 13.0. The summed E-state index contributed by atoms with van der Waals surface area (Å²) in [7, 11) is 0. The number of benzene rings is 2. The second kappa shape index (κ2) is 6.36. The Bertz CT molecular complexity index is 550. The maximum Gasteiger partial charge on any atom is 0.156 e. The first-order valence-electron chi connectivity index (χ1n) is 5.16. The molecule has 2 aromatic carbocycles. The monoisotopic (exact) mass is 386 g/mol. The zero-order valence-corrected chi connectivity index (χ0v) is 13.1. The molecule has 0 atom stereocenters. The Kier molecular flexibility index (Phi) is 4.80. The van der Waals surface area contributed by atoms with E-state index in [1.54, 1.807) is 0 Å². The lowest BCUT2D eigenvalue weighted by Crippen LogP contribution is -1.96. The number of hydrogen-bond acceptors (Lipinski definition) is 2. The van der Waals surface area contributed by atoms with Gasteiger partial charge in [-0.2, -0.15) is 5.10 Å². The molecular formula is C13H9Br2ClN2. The summed E-state index contributed by atoms with van der Waals surface area (Å²) < 4.78 is 2.03. The highest BCUT2D eigenvalue weighted by atomic mass is 79.9. The Hall–Kier alpha value is -0.840. The molecule has 0 saturated heterocycles. The Morgan fingerprint density at radius 1 is 0.889 bits per heavy atom. The predicted molar refractivity (Wildman–Crippen MR) is 84.3 cm³/mol. The average Bonchev–Trinajstić information content (AvgIpc) is 2.38. The van der Waals surface area contributed by atoms with Gasteiger partial charge in [-0.1, -0.05) is 55.6 Å². The van der Waals surface area contributed by atoms with E-state index in [2.05, 4.69) is 42.4 Å². The molecule has 0 amide bonds. The summed E-state index contributed by atoms with van der Waals surface area (Å²) in [6.45, 7) is 0. The minimum absolute atomic E-state index is 0.422. The molecule has 0 heterocycles. The number of nitrogens with zero attached hydrogens (tertiary/aromatic N) is 1. The van der Waals surface area contributed by atoms with E-state index in [0.717, 1.165) is 20.2 Å². The summed E-state index contributed by atoms with van der Waals surface area (Å²) in [4.78, 5) is 0. The Balaban J connectivity index is 2.09. The van der Waals surface area contributed by atoms with Gasteiger partial charge in [0.15, 0.2) is 5.17 Å². The fourth-order valence-electron chi connectivity index (χ4n) is 1.29. The van der Waals surface area contributed by atoms with Gasteiger partial charge in [-0.15, -0.1) is 0 Å². The standard InChI is InChI=1S/C13H9Br2ClN2/c14-10-3-1-9(2-4-10)13(16)18-17-12-7-5-11(15)6-8-12/h1-8,17H. The Morgan fingerprint density at radius 2 is 1.39 bits per heavy atom. The van der Waals surface area contributed by atoms with Gasteiger partial charge in [-0.25, -0.2) is 0 Å². The minimum Gasteiger partial charge on any atom is -0.277 e. The smallest absolute Gasteiger partial charge is 0.156 e. The van der Waals surface area contributed by atoms with Crippen LogP contribution in [0.5, 0.6) is 0 Å². The summed E-state index contributed by atoms with van der Waals surface area (Å²) in [6.07, 6.45) is 0. The van der Waals surface area contributed by atoms with Crippen molar-refractivity contribution < 1.29 is 0 Å². The molecule has 0 aliphatic rings. The largest absolute Gasteiger partial charge is 0.277 e. The predicted octanol–water partition coefficient (Wildman–Crippen LogP) is 5.22. The fourth-order valence-corrected chi connectivity index (χ4v) is 1.99. The molecule has 0 spiro atoms. The van der Waals surface area contributed by atoms with Crippen LogP contribution in [0.2, 0.25) is 0 Å². The summed E-state index contributed by atoms with van der Waals surface area (Å²) in [5, 5.41) is 4.55. The molecule has 5 heteroatoms. The highest BCUT2D eigenvalue weighted by Gasteiger charge is 1.99. The first-order valence-corrected chi connectivity index (χ1v) is 7.12. The molecule has 0 bridgehead atoms. The van der Waals surface area contributed by atoms with Gasteiger partial charge in [0.25, 0.3) is 0 Å². The van der Waals surface area contributed by atoms with Gasteiger partial charge >= 0.3 is 0 Å². The summed E-state index contributed by atoms with van der Waals surface area (Å²) in [5.74, 6) is 0. The van der Waals surface area contributed by atoms with Gasteiger partial charge in [-0.3, -0.25) is 5.43 Å². The Morgan fingerprint density at radius 3 is 1.94 bits per heavy atom. The van der Waals surface area contributed by atoms with Crippen LogP contribution in [0.15, 0.2) is 62.6 Å². The highest BCUT2D eigenvalue weighted by molar-refractivity contribution is 9.10. The Labute approximate surface area is 127 Å². The van der Waals surface area contributed by atoms with E-state index >= 15 is 0 Å². The molecule has 2 nitrogen and oxygen atoms in total. The molecule has 0 aromatic heterocycles. The van der Waals surface area contributed by atoms with E-state index in [1.165, 1.54) is 0 Å². The zero-order valence-electron chi connectivity index (χ0n) is 9.20. The molecule has 0 radical (unpaired) electrons. The van der Waals surface area contributed by atoms with Gasteiger partial charge in [0, 0.05) is 14.5 Å². The van der Waals surface area contributed by atoms with E-state index in [0.29, 0.717) is 5.17 Å². The van der Waals surface area contributed by atoms with Crippen LogP contribution < -0.4 is 5.43 Å². The number of hydrazone groups is 1. The van der Waals surface area contributed by atoms with E-state index < -0.39 is 0 Å². The van der Waals surface area contributed by atoms with E-state index in [4.69, 9.17) is 11.6 Å². The van der Waals surface area contributed by atoms with Crippen LogP contribution in [-0.2, 0) is 0 Å². The van der Waals surface area contributed by atoms with Gasteiger partial charge in [0.05, 0.1) is 5.69 Å². The molecule has 0 aliphatic heterocycles. The molecule has 18 heavy (non-hydrogen) atoms. The van der Waals surface area contributed by atoms with Gasteiger partial charge in [0.2, 0.25) is 0 Å². The molecule has 1 N–H and O–H groups in total. The maximum atomic E-state index is 6.10. The lowest BCUT2D eigenvalue weighted by molar-refractivity contribution is 1.34. The van der Waals surface area contributed by atoms with Crippen LogP contribution in [0, 0.1) is 0 Å². The van der Waals surface area contributed by atoms with Crippen molar-refractivity contribution in [1.29, 1.82) is 0 Å². The first-order chi connectivity index (χ1) is 8.65. The second-order valence-electron chi connectivity index (χ2n) is 3.53. The number of nitrogens with one attached hydrogen (secondary N) is 1. The summed E-state index contributed by atoms with van der Waals surface area (Å²) in [6, 6.07) is 15.4. The third-order valence-corrected chi connectivity index (χ3v) is 3.57. The average molecular weight is 388 g/mol. The SMILES string of the molecule is ClC(=NNc1ccc(Br)cc1)c1ccc(Br)cc1. The van der Waals surface area contributed by atoms with Crippen LogP contribution in [0.3, 0.4) is 0 Å². The van der Waals surface area contributed by atoms with Gasteiger partial charge in [0.1, 0.15) is 0 Å². The van der Waals surface area contributed by atoms with Crippen molar-refractivity contribution in [3.63, 3.8) is 0 Å². The molecule has 2 rings (SSSR count). The second-order valence-corrected chi connectivity index (χ2v) is 5.72. The van der Waals surface area contributed by atoms with Crippen molar-refractivity contribution in [2.24, 2.45) is 5.10 Å². The van der Waals surface area contributed by atoms with E-state index in [9.17, 15) is 0 Å². The number of halogens is 3. The summed E-state index contributed by atoms with van der Waals surface area (Å²) >= 11 is 12.9. The van der Waals surface area contributed by atoms with Gasteiger partial charge < -0.3 is 0 Å². The lowest BCUT2D eigenvalue weighted by atomic mass is 10.2. The molecule has 2 aromatic rings. The molecule has 0 saturated carbocycles. The van der Waals surface area contributed by atoms with Crippen molar-refractivity contribution in [2.75, 3.05) is 5.43 Å². The third kappa shape index (κ3) is 3.83. The van der Waals surface area contributed by atoms with Crippen molar-refractivity contribution in [3.8, 4) is 0 Å². The van der Waals surface area contributed by atoms with Crippen LogP contribution in [0.1, 0.15) is 5.56 Å². The normalized spacial score (nSPS) is 11.4. The molecule has 0 aliphatic carbocycles. The molecule has 0 fully saturated rings. The minimum atomic E-state index is 0.422. The first kappa shape index (κ1) is 13.6. The van der Waals surface area contributed by atoms with Crippen LogP contribution in [0.25, 0.3) is 0 Å². The van der Waals surface area contributed by atoms with Crippen molar-refractivity contribution >= 4 is 54.3 Å². The molecule has 92 valence electrons. The highest BCUT2D eigenvalue weighted by Crippen LogP contribution is 2.16. The van der Waals surface area contributed by atoms with Crippen LogP contribution in [-0.4, -0.2) is 5.17 Å². The fraction of sp³-hybridized carbons (Fsp3) is 0. The van der Waals surface area contributed by atoms with Crippen molar-refractivity contribution in [3.05, 3.63) is 63.0 Å². The van der Waals surface area contributed by atoms with Gasteiger partial charge in [-0.05, 0) is 36.4 Å². The number of hydrogen-bond donors (Lipinski definition) is 1. The van der Waals surface area contributed by atoms with E-state index in [1.807, 2.05) is 48.5 Å². The van der Waals surface area contributed by atoms with Crippen LogP contribution >= 0.6 is 43.5 Å². The summed E-state index contributed by atoms with van der Waals surface area (Å²) in [5.41, 5.74) is 4.66. The van der Waals surface area contributed by atoms with Crippen molar-refractivity contribution in [1.82, 2.24) is 0 Å².